The smallest absolute Gasteiger partial charge is 0.308 e. The van der Waals surface area contributed by atoms with Crippen LogP contribution in [0.15, 0.2) is 24.3 Å². The van der Waals surface area contributed by atoms with Crippen LogP contribution in [0.5, 0.6) is 5.75 Å². The zero-order valence-corrected chi connectivity index (χ0v) is 11.8. The second kappa shape index (κ2) is 6.29. The molecule has 1 aromatic carbocycles. The molecule has 1 unspecified atom stereocenters. The van der Waals surface area contributed by atoms with E-state index in [9.17, 15) is 9.69 Å². The van der Waals surface area contributed by atoms with Gasteiger partial charge in [-0.15, -0.1) is 11.4 Å². The quantitative estimate of drug-likeness (QED) is 0.508. The second-order valence-corrected chi connectivity index (χ2v) is 9.74. The molecule has 0 amide bonds. The van der Waals surface area contributed by atoms with E-state index >= 15 is 0 Å². The molecule has 0 heterocycles. The van der Waals surface area contributed by atoms with Crippen LogP contribution >= 0.6 is 17.7 Å². The molecule has 1 N–H and O–H groups in total. The predicted molar refractivity (Wildman–Crippen MR) is 76.1 cm³/mol. The monoisotopic (exact) mass is 272 g/mol. The summed E-state index contributed by atoms with van der Waals surface area (Å²) in [4.78, 5) is 20.5. The molecule has 0 spiro atoms. The second-order valence-electron chi connectivity index (χ2n) is 3.84. The summed E-state index contributed by atoms with van der Waals surface area (Å²) in [6.07, 6.45) is 2.43. The fraction of sp³-hybridized carbons (Fsp3) is 0.333. The molecule has 0 aromatic heterocycles. The molecule has 1 aromatic rings. The number of rotatable bonds is 5. The first-order valence-electron chi connectivity index (χ1n) is 5.23. The van der Waals surface area contributed by atoms with E-state index in [-0.39, 0.29) is 5.97 Å². The Kier molecular flexibility index (Phi) is 5.31. The Morgan fingerprint density at radius 2 is 2.18 bits per heavy atom. The van der Waals surface area contributed by atoms with Gasteiger partial charge < -0.3 is 9.63 Å². The highest BCUT2D eigenvalue weighted by molar-refractivity contribution is 8.59. The van der Waals surface area contributed by atoms with Crippen LogP contribution in [0.4, 0.5) is 0 Å². The third-order valence-corrected chi connectivity index (χ3v) is 5.13. The summed E-state index contributed by atoms with van der Waals surface area (Å²) < 4.78 is 5.11. The summed E-state index contributed by atoms with van der Waals surface area (Å²) >= 11 is 1.47. The van der Waals surface area contributed by atoms with Gasteiger partial charge in [-0.2, -0.15) is 0 Å². The van der Waals surface area contributed by atoms with E-state index in [1.807, 2.05) is 18.2 Å². The van der Waals surface area contributed by atoms with E-state index in [4.69, 9.17) is 4.74 Å². The molecule has 0 aliphatic rings. The summed E-state index contributed by atoms with van der Waals surface area (Å²) in [5, 5.41) is 0. The first-order valence-corrected chi connectivity index (χ1v) is 9.19. The lowest BCUT2D eigenvalue weighted by molar-refractivity contribution is -0.131. The molecule has 17 heavy (non-hydrogen) atoms. The molecule has 1 atom stereocenters. The van der Waals surface area contributed by atoms with E-state index in [0.717, 1.165) is 17.7 Å². The normalized spacial score (nSPS) is 14.1. The van der Waals surface area contributed by atoms with Gasteiger partial charge in [0.2, 0.25) is 0 Å². The molecule has 0 saturated heterocycles. The molecule has 94 valence electrons. The molecule has 0 saturated carbocycles. The Hall–Kier alpha value is -0.700. The third-order valence-electron chi connectivity index (χ3n) is 1.97. The van der Waals surface area contributed by atoms with E-state index in [0.29, 0.717) is 5.75 Å². The Bertz CT molecular complexity index is 439. The van der Waals surface area contributed by atoms with Crippen molar-refractivity contribution in [2.45, 2.75) is 13.3 Å². The predicted octanol–water partition coefficient (Wildman–Crippen LogP) is 2.79. The van der Waals surface area contributed by atoms with Gasteiger partial charge in [0.1, 0.15) is 5.75 Å². The molecule has 0 fully saturated rings. The van der Waals surface area contributed by atoms with Crippen LogP contribution < -0.4 is 4.74 Å². The Balaban J connectivity index is 2.64. The Morgan fingerprint density at radius 3 is 2.76 bits per heavy atom. The molecule has 5 heteroatoms. The summed E-state index contributed by atoms with van der Waals surface area (Å²) in [6.45, 7) is 3.15. The van der Waals surface area contributed by atoms with Gasteiger partial charge in [-0.1, -0.05) is 24.5 Å². The highest BCUT2D eigenvalue weighted by atomic mass is 32.7. The summed E-state index contributed by atoms with van der Waals surface area (Å²) in [6, 6.07) is 7.44. The number of benzene rings is 1. The van der Waals surface area contributed by atoms with Crippen LogP contribution in [0.1, 0.15) is 12.5 Å². The minimum atomic E-state index is -2.04. The Labute approximate surface area is 106 Å². The number of esters is 1. The van der Waals surface area contributed by atoms with Crippen molar-refractivity contribution >= 4 is 30.0 Å². The van der Waals surface area contributed by atoms with Crippen LogP contribution in [-0.2, 0) is 11.2 Å². The van der Waals surface area contributed by atoms with Crippen molar-refractivity contribution in [3.8, 4) is 5.75 Å². The number of hydrogen-bond acceptors (Lipinski definition) is 4. The maximum Gasteiger partial charge on any atom is 0.308 e. The van der Waals surface area contributed by atoms with Crippen molar-refractivity contribution in [3.63, 3.8) is 0 Å². The minimum absolute atomic E-state index is 0.318. The number of hydrogen-bond donors (Lipinski definition) is 1. The largest absolute Gasteiger partial charge is 0.426 e. The van der Waals surface area contributed by atoms with Crippen molar-refractivity contribution in [2.75, 3.05) is 12.4 Å². The minimum Gasteiger partial charge on any atom is -0.426 e. The van der Waals surface area contributed by atoms with E-state index in [2.05, 4.69) is 6.30 Å². The van der Waals surface area contributed by atoms with Crippen molar-refractivity contribution in [1.29, 1.82) is 0 Å². The number of ether oxygens (including phenoxy) is 1. The van der Waals surface area contributed by atoms with Crippen LogP contribution in [0.2, 0.25) is 0 Å². The van der Waals surface area contributed by atoms with Crippen LogP contribution in [0, 0.1) is 0 Å². The van der Waals surface area contributed by atoms with Crippen LogP contribution in [0.3, 0.4) is 0 Å². The fourth-order valence-corrected chi connectivity index (χ4v) is 3.48. The van der Waals surface area contributed by atoms with Gasteiger partial charge in [0.25, 0.3) is 0 Å². The van der Waals surface area contributed by atoms with Gasteiger partial charge in [0, 0.05) is 19.0 Å². The lowest BCUT2D eigenvalue weighted by Gasteiger charge is -2.12. The standard InChI is InChI=1S/C12H17O3PS/c1-10(13)15-12-7-5-4-6-11(12)8-9-17-16(2,3)14/h4-7,14H,2,8-9H2,1,3H3. The van der Waals surface area contributed by atoms with Gasteiger partial charge in [0.15, 0.2) is 0 Å². The summed E-state index contributed by atoms with van der Waals surface area (Å²) in [5.41, 5.74) is 0.976. The van der Waals surface area contributed by atoms with E-state index in [1.54, 1.807) is 12.7 Å². The zero-order chi connectivity index (χ0) is 12.9. The molecule has 0 aliphatic carbocycles. The van der Waals surface area contributed by atoms with Gasteiger partial charge in [-0.05, 0) is 24.7 Å². The van der Waals surface area contributed by atoms with E-state index in [1.165, 1.54) is 18.3 Å². The van der Waals surface area contributed by atoms with Crippen molar-refractivity contribution in [1.82, 2.24) is 0 Å². The average molecular weight is 272 g/mol. The highest BCUT2D eigenvalue weighted by Gasteiger charge is 2.07. The highest BCUT2D eigenvalue weighted by Crippen LogP contribution is 2.50. The molecular formula is C12H17O3PS. The molecule has 0 radical (unpaired) electrons. The molecule has 0 aliphatic heterocycles. The summed E-state index contributed by atoms with van der Waals surface area (Å²) in [5.74, 6) is 1.05. The van der Waals surface area contributed by atoms with Gasteiger partial charge in [-0.25, -0.2) is 0 Å². The average Bonchev–Trinajstić information content (AvgIpc) is 2.18. The Morgan fingerprint density at radius 1 is 1.53 bits per heavy atom. The third kappa shape index (κ3) is 5.97. The summed E-state index contributed by atoms with van der Waals surface area (Å²) in [7, 11) is 0. The lowest BCUT2D eigenvalue weighted by atomic mass is 10.1. The number of para-hydroxylation sites is 1. The van der Waals surface area contributed by atoms with Crippen molar-refractivity contribution in [2.24, 2.45) is 0 Å². The van der Waals surface area contributed by atoms with E-state index < -0.39 is 6.31 Å². The fourth-order valence-electron chi connectivity index (χ4n) is 1.32. The van der Waals surface area contributed by atoms with Crippen LogP contribution in [-0.4, -0.2) is 29.6 Å². The molecule has 3 nitrogen and oxygen atoms in total. The first-order chi connectivity index (χ1) is 7.88. The van der Waals surface area contributed by atoms with Gasteiger partial charge >= 0.3 is 5.97 Å². The molecule has 0 bridgehead atoms. The SMILES string of the molecule is C=P(C)(O)SCCc1ccccc1OC(C)=O. The topological polar surface area (TPSA) is 46.5 Å². The van der Waals surface area contributed by atoms with Gasteiger partial charge in [0.05, 0.1) is 0 Å². The number of carbonyl (C=O) groups excluding carboxylic acids is 1. The number of aryl methyl sites for hydroxylation is 1. The van der Waals surface area contributed by atoms with Crippen molar-refractivity contribution in [3.05, 3.63) is 29.8 Å². The molecule has 1 rings (SSSR count). The number of carbonyl (C=O) groups is 1. The van der Waals surface area contributed by atoms with Crippen molar-refractivity contribution < 1.29 is 14.4 Å². The zero-order valence-electron chi connectivity index (χ0n) is 10.0. The van der Waals surface area contributed by atoms with Gasteiger partial charge in [-0.3, -0.25) is 4.79 Å². The maximum atomic E-state index is 10.9. The molecular weight excluding hydrogens is 255 g/mol. The maximum absolute atomic E-state index is 10.9. The lowest BCUT2D eigenvalue weighted by Crippen LogP contribution is -2.04. The van der Waals surface area contributed by atoms with Crippen LogP contribution in [0.25, 0.3) is 0 Å². The first kappa shape index (κ1) is 14.4.